The number of rotatable bonds is 5. The maximum atomic E-state index is 14.9. The first-order valence-corrected chi connectivity index (χ1v) is 11.4. The van der Waals surface area contributed by atoms with Crippen molar-refractivity contribution in [3.63, 3.8) is 0 Å². The molecule has 0 atom stereocenters. The fourth-order valence-electron chi connectivity index (χ4n) is 4.38. The van der Waals surface area contributed by atoms with Crippen molar-refractivity contribution >= 4 is 28.1 Å². The standard InChI is InChI=1S/C26H26FN5O3/c1-15-13-17(29(2)3)11-12-19(15)28-20-14-22(33)30(4)24-23(20)25(34)31(16-9-10-16)26(35)32(24)21-8-6-5-7-18(21)27/h5-8,11-14,16,28H,9-10H2,1-4H3. The van der Waals surface area contributed by atoms with E-state index in [0.717, 1.165) is 15.8 Å². The van der Waals surface area contributed by atoms with Gasteiger partial charge in [0.2, 0.25) is 0 Å². The lowest BCUT2D eigenvalue weighted by Crippen LogP contribution is -2.41. The van der Waals surface area contributed by atoms with Gasteiger partial charge >= 0.3 is 5.69 Å². The molecule has 1 aliphatic rings. The monoisotopic (exact) mass is 475 g/mol. The molecule has 9 heteroatoms. The zero-order valence-corrected chi connectivity index (χ0v) is 20.0. The van der Waals surface area contributed by atoms with Gasteiger partial charge in [-0.05, 0) is 55.7 Å². The van der Waals surface area contributed by atoms with Crippen molar-refractivity contribution < 1.29 is 4.39 Å². The molecule has 8 nitrogen and oxygen atoms in total. The van der Waals surface area contributed by atoms with Gasteiger partial charge in [0.25, 0.3) is 11.1 Å². The number of aryl methyl sites for hydroxylation is 2. The van der Waals surface area contributed by atoms with Crippen LogP contribution >= 0.6 is 0 Å². The van der Waals surface area contributed by atoms with E-state index >= 15 is 0 Å². The summed E-state index contributed by atoms with van der Waals surface area (Å²) in [5.41, 5.74) is 1.33. The van der Waals surface area contributed by atoms with Crippen LogP contribution < -0.4 is 27.0 Å². The molecule has 1 saturated carbocycles. The third-order valence-electron chi connectivity index (χ3n) is 6.45. The Morgan fingerprint density at radius 1 is 1.00 bits per heavy atom. The van der Waals surface area contributed by atoms with Crippen molar-refractivity contribution in [2.24, 2.45) is 7.05 Å². The second-order valence-corrected chi connectivity index (χ2v) is 9.15. The van der Waals surface area contributed by atoms with Crippen molar-refractivity contribution in [1.82, 2.24) is 13.7 Å². The zero-order chi connectivity index (χ0) is 25.0. The first-order chi connectivity index (χ1) is 16.7. The van der Waals surface area contributed by atoms with E-state index < -0.39 is 22.6 Å². The average molecular weight is 476 g/mol. The van der Waals surface area contributed by atoms with Crippen molar-refractivity contribution in [2.45, 2.75) is 25.8 Å². The van der Waals surface area contributed by atoms with Gasteiger partial charge in [0.05, 0.1) is 11.4 Å². The number of nitrogens with one attached hydrogen (secondary N) is 1. The van der Waals surface area contributed by atoms with E-state index in [0.29, 0.717) is 18.5 Å². The first-order valence-electron chi connectivity index (χ1n) is 11.4. The summed E-state index contributed by atoms with van der Waals surface area (Å²) in [5, 5.41) is 3.39. The van der Waals surface area contributed by atoms with Crippen LogP contribution in [0, 0.1) is 12.7 Å². The van der Waals surface area contributed by atoms with Crippen LogP contribution in [0.3, 0.4) is 0 Å². The molecule has 0 bridgehead atoms. The molecule has 2 heterocycles. The molecule has 0 amide bonds. The number of hydrogen-bond acceptors (Lipinski definition) is 5. The Balaban J connectivity index is 1.86. The average Bonchev–Trinajstić information content (AvgIpc) is 3.64. The normalized spacial score (nSPS) is 13.3. The van der Waals surface area contributed by atoms with Gasteiger partial charge in [-0.15, -0.1) is 0 Å². The Hall–Kier alpha value is -4.14. The highest BCUT2D eigenvalue weighted by molar-refractivity contribution is 5.92. The van der Waals surface area contributed by atoms with Crippen molar-refractivity contribution in [1.29, 1.82) is 0 Å². The molecule has 0 unspecified atom stereocenters. The first kappa shape index (κ1) is 22.6. The number of aromatic nitrogens is 3. The molecule has 180 valence electrons. The molecule has 4 aromatic rings. The molecule has 1 aliphatic carbocycles. The van der Waals surface area contributed by atoms with Crippen LogP contribution in [0.2, 0.25) is 0 Å². The minimum atomic E-state index is -0.659. The van der Waals surface area contributed by atoms with Crippen LogP contribution in [0.4, 0.5) is 21.5 Å². The van der Waals surface area contributed by atoms with Crippen LogP contribution in [0.1, 0.15) is 24.4 Å². The van der Waals surface area contributed by atoms with E-state index in [1.165, 1.54) is 40.4 Å². The summed E-state index contributed by atoms with van der Waals surface area (Å²) in [6.45, 7) is 1.93. The maximum Gasteiger partial charge on any atom is 0.337 e. The molecule has 0 spiro atoms. The summed E-state index contributed by atoms with van der Waals surface area (Å²) in [7, 11) is 5.36. The van der Waals surface area contributed by atoms with Gasteiger partial charge in [0, 0.05) is 44.6 Å². The van der Waals surface area contributed by atoms with Gasteiger partial charge < -0.3 is 10.2 Å². The number of nitrogens with zero attached hydrogens (tertiary/aromatic N) is 4. The van der Waals surface area contributed by atoms with E-state index in [-0.39, 0.29) is 28.5 Å². The van der Waals surface area contributed by atoms with E-state index in [9.17, 15) is 18.8 Å². The van der Waals surface area contributed by atoms with Crippen LogP contribution in [0.5, 0.6) is 0 Å². The number of pyridine rings is 1. The molecule has 35 heavy (non-hydrogen) atoms. The fraction of sp³-hybridized carbons (Fsp3) is 0.269. The Morgan fingerprint density at radius 2 is 1.71 bits per heavy atom. The molecule has 0 saturated heterocycles. The van der Waals surface area contributed by atoms with Gasteiger partial charge in [-0.2, -0.15) is 0 Å². The van der Waals surface area contributed by atoms with E-state index in [1.54, 1.807) is 6.07 Å². The Labute approximate surface area is 200 Å². The summed E-state index contributed by atoms with van der Waals surface area (Å²) in [5.74, 6) is -0.627. The molecule has 2 aromatic heterocycles. The maximum absolute atomic E-state index is 14.9. The minimum Gasteiger partial charge on any atom is -0.378 e. The van der Waals surface area contributed by atoms with Gasteiger partial charge in [-0.3, -0.25) is 18.7 Å². The minimum absolute atomic E-state index is 0.0180. The van der Waals surface area contributed by atoms with Crippen LogP contribution in [0.25, 0.3) is 16.7 Å². The molecular formula is C26H26FN5O3. The second kappa shape index (κ2) is 8.26. The predicted octanol–water partition coefficient (Wildman–Crippen LogP) is 3.44. The lowest BCUT2D eigenvalue weighted by molar-refractivity contribution is 0.597. The summed E-state index contributed by atoms with van der Waals surface area (Å²) < 4.78 is 18.5. The lowest BCUT2D eigenvalue weighted by Gasteiger charge is -2.20. The Morgan fingerprint density at radius 3 is 2.34 bits per heavy atom. The summed E-state index contributed by atoms with van der Waals surface area (Å²) in [6.07, 6.45) is 1.38. The molecule has 1 fully saturated rings. The van der Waals surface area contributed by atoms with Gasteiger partial charge in [0.1, 0.15) is 16.9 Å². The second-order valence-electron chi connectivity index (χ2n) is 9.15. The number of para-hydroxylation sites is 1. The molecular weight excluding hydrogens is 449 g/mol. The van der Waals surface area contributed by atoms with Crippen LogP contribution in [-0.2, 0) is 7.05 Å². The predicted molar refractivity (Wildman–Crippen MR) is 136 cm³/mol. The number of benzene rings is 2. The van der Waals surface area contributed by atoms with Crippen molar-refractivity contribution in [2.75, 3.05) is 24.3 Å². The number of anilines is 3. The summed E-state index contributed by atoms with van der Waals surface area (Å²) >= 11 is 0. The number of fused-ring (bicyclic) bond motifs is 1. The molecule has 0 aliphatic heterocycles. The van der Waals surface area contributed by atoms with Crippen LogP contribution in [-0.4, -0.2) is 27.8 Å². The highest BCUT2D eigenvalue weighted by Gasteiger charge is 2.31. The SMILES string of the molecule is Cc1cc(N(C)C)ccc1Nc1cc(=O)n(C)c2c1c(=O)n(C1CC1)c(=O)n2-c1ccccc1F. The molecule has 0 radical (unpaired) electrons. The largest absolute Gasteiger partial charge is 0.378 e. The lowest BCUT2D eigenvalue weighted by atomic mass is 10.1. The number of hydrogen-bond donors (Lipinski definition) is 1. The van der Waals surface area contributed by atoms with Gasteiger partial charge in [-0.25, -0.2) is 13.8 Å². The quantitative estimate of drug-likeness (QED) is 0.478. The topological polar surface area (TPSA) is 81.3 Å². The van der Waals surface area contributed by atoms with E-state index in [4.69, 9.17) is 0 Å². The van der Waals surface area contributed by atoms with E-state index in [1.807, 2.05) is 44.1 Å². The van der Waals surface area contributed by atoms with Crippen molar-refractivity contribution in [3.05, 3.63) is 91.1 Å². The Bertz CT molecular complexity index is 1660. The highest BCUT2D eigenvalue weighted by Crippen LogP contribution is 2.34. The van der Waals surface area contributed by atoms with Crippen LogP contribution in [0.15, 0.2) is 62.9 Å². The third-order valence-corrected chi connectivity index (χ3v) is 6.45. The fourth-order valence-corrected chi connectivity index (χ4v) is 4.38. The molecule has 1 N–H and O–H groups in total. The number of halogens is 1. The van der Waals surface area contributed by atoms with Gasteiger partial charge in [0.15, 0.2) is 0 Å². The third kappa shape index (κ3) is 3.73. The summed E-state index contributed by atoms with van der Waals surface area (Å²) in [6, 6.07) is 12.7. The van der Waals surface area contributed by atoms with E-state index in [2.05, 4.69) is 5.32 Å². The summed E-state index contributed by atoms with van der Waals surface area (Å²) in [4.78, 5) is 42.2. The molecule has 5 rings (SSSR count). The smallest absolute Gasteiger partial charge is 0.337 e. The molecule has 2 aromatic carbocycles. The van der Waals surface area contributed by atoms with Gasteiger partial charge in [-0.1, -0.05) is 12.1 Å². The zero-order valence-electron chi connectivity index (χ0n) is 20.0. The van der Waals surface area contributed by atoms with Crippen molar-refractivity contribution in [3.8, 4) is 5.69 Å². The highest BCUT2D eigenvalue weighted by atomic mass is 19.1. The Kier molecular flexibility index (Phi) is 5.35.